The average molecular weight is 267 g/mol. The molecule has 0 atom stereocenters. The van der Waals surface area contributed by atoms with Gasteiger partial charge in [0, 0.05) is 13.1 Å². The number of likely N-dealkylation sites (N-methyl/N-ethyl adjacent to an activating group) is 1. The van der Waals surface area contributed by atoms with Gasteiger partial charge in [0.15, 0.2) is 0 Å². The van der Waals surface area contributed by atoms with Crippen molar-refractivity contribution in [3.63, 3.8) is 0 Å². The van der Waals surface area contributed by atoms with Crippen molar-refractivity contribution < 1.29 is 8.42 Å². The highest BCUT2D eigenvalue weighted by Crippen LogP contribution is 2.18. The Kier molecular flexibility index (Phi) is 5.13. The average Bonchev–Trinajstić information content (AvgIpc) is 2.39. The minimum Gasteiger partial charge on any atom is -0.318 e. The SMILES string of the molecule is CCS(=O)(=O)N(CCNC)c1ccc(C#N)cc1. The number of hydrogen-bond donors (Lipinski definition) is 1. The lowest BCUT2D eigenvalue weighted by Gasteiger charge is -2.23. The summed E-state index contributed by atoms with van der Waals surface area (Å²) in [5.41, 5.74) is 1.10. The number of benzene rings is 1. The summed E-state index contributed by atoms with van der Waals surface area (Å²) in [5, 5.41) is 11.7. The molecule has 5 nitrogen and oxygen atoms in total. The molecule has 6 heteroatoms. The standard InChI is InChI=1S/C12H17N3O2S/c1-3-18(16,17)15(9-8-14-2)12-6-4-11(10-13)5-7-12/h4-7,14H,3,8-9H2,1-2H3. The van der Waals surface area contributed by atoms with Gasteiger partial charge in [0.25, 0.3) is 0 Å². The first-order chi connectivity index (χ1) is 8.55. The van der Waals surface area contributed by atoms with Crippen LogP contribution in [0, 0.1) is 11.3 Å². The normalized spacial score (nSPS) is 10.9. The predicted molar refractivity (Wildman–Crippen MR) is 71.9 cm³/mol. The fourth-order valence-corrected chi connectivity index (χ4v) is 2.62. The third-order valence-electron chi connectivity index (χ3n) is 2.55. The Hall–Kier alpha value is -1.58. The minimum absolute atomic E-state index is 0.0523. The maximum absolute atomic E-state index is 12.0. The van der Waals surface area contributed by atoms with E-state index in [2.05, 4.69) is 5.32 Å². The smallest absolute Gasteiger partial charge is 0.234 e. The second-order valence-corrected chi connectivity index (χ2v) is 5.92. The van der Waals surface area contributed by atoms with Crippen molar-refractivity contribution in [2.75, 3.05) is 30.2 Å². The Labute approximate surface area is 108 Å². The zero-order valence-corrected chi connectivity index (χ0v) is 11.4. The van der Waals surface area contributed by atoms with Crippen LogP contribution in [0.2, 0.25) is 0 Å². The van der Waals surface area contributed by atoms with E-state index in [4.69, 9.17) is 5.26 Å². The highest BCUT2D eigenvalue weighted by molar-refractivity contribution is 7.92. The molecular formula is C12H17N3O2S. The zero-order valence-electron chi connectivity index (χ0n) is 10.5. The van der Waals surface area contributed by atoms with E-state index in [0.717, 1.165) is 0 Å². The van der Waals surface area contributed by atoms with Crippen LogP contribution in [0.1, 0.15) is 12.5 Å². The third kappa shape index (κ3) is 3.45. The van der Waals surface area contributed by atoms with E-state index in [0.29, 0.717) is 24.3 Å². The van der Waals surface area contributed by atoms with Gasteiger partial charge in [-0.2, -0.15) is 5.26 Å². The fraction of sp³-hybridized carbons (Fsp3) is 0.417. The Balaban J connectivity index is 3.06. The quantitative estimate of drug-likeness (QED) is 0.832. The Morgan fingerprint density at radius 3 is 2.39 bits per heavy atom. The van der Waals surface area contributed by atoms with E-state index in [9.17, 15) is 8.42 Å². The molecule has 18 heavy (non-hydrogen) atoms. The first kappa shape index (κ1) is 14.5. The van der Waals surface area contributed by atoms with Crippen LogP contribution < -0.4 is 9.62 Å². The van der Waals surface area contributed by atoms with Gasteiger partial charge in [-0.15, -0.1) is 0 Å². The summed E-state index contributed by atoms with van der Waals surface area (Å²) in [6, 6.07) is 8.55. The van der Waals surface area contributed by atoms with Crippen molar-refractivity contribution >= 4 is 15.7 Å². The van der Waals surface area contributed by atoms with Crippen LogP contribution in [0.15, 0.2) is 24.3 Å². The van der Waals surface area contributed by atoms with E-state index < -0.39 is 10.0 Å². The highest BCUT2D eigenvalue weighted by atomic mass is 32.2. The molecule has 0 aromatic heterocycles. The van der Waals surface area contributed by atoms with Crippen molar-refractivity contribution in [1.29, 1.82) is 5.26 Å². The lowest BCUT2D eigenvalue weighted by atomic mass is 10.2. The zero-order chi connectivity index (χ0) is 13.6. The summed E-state index contributed by atoms with van der Waals surface area (Å²) in [6.45, 7) is 2.56. The van der Waals surface area contributed by atoms with Crippen LogP contribution in [0.3, 0.4) is 0 Å². The largest absolute Gasteiger partial charge is 0.318 e. The Morgan fingerprint density at radius 1 is 1.33 bits per heavy atom. The lowest BCUT2D eigenvalue weighted by Crippen LogP contribution is -2.37. The molecule has 0 aliphatic carbocycles. The van der Waals surface area contributed by atoms with Gasteiger partial charge in [0.05, 0.1) is 23.1 Å². The fourth-order valence-electron chi connectivity index (χ4n) is 1.50. The summed E-state index contributed by atoms with van der Waals surface area (Å²) in [5.74, 6) is 0.0523. The maximum atomic E-state index is 12.0. The molecule has 1 rings (SSSR count). The molecule has 0 heterocycles. The van der Waals surface area contributed by atoms with Gasteiger partial charge in [-0.25, -0.2) is 8.42 Å². The topological polar surface area (TPSA) is 73.2 Å². The van der Waals surface area contributed by atoms with Crippen molar-refractivity contribution in [3.05, 3.63) is 29.8 Å². The number of hydrogen-bond acceptors (Lipinski definition) is 4. The van der Waals surface area contributed by atoms with Crippen molar-refractivity contribution in [2.45, 2.75) is 6.92 Å². The van der Waals surface area contributed by atoms with Crippen molar-refractivity contribution in [2.24, 2.45) is 0 Å². The summed E-state index contributed by atoms with van der Waals surface area (Å²) < 4.78 is 25.4. The van der Waals surface area contributed by atoms with Gasteiger partial charge < -0.3 is 5.32 Å². The van der Waals surface area contributed by atoms with E-state index in [1.807, 2.05) is 6.07 Å². The number of nitriles is 1. The summed E-state index contributed by atoms with van der Waals surface area (Å²) in [7, 11) is -1.52. The van der Waals surface area contributed by atoms with E-state index in [1.165, 1.54) is 4.31 Å². The number of nitrogens with zero attached hydrogens (tertiary/aromatic N) is 2. The molecule has 0 radical (unpaired) electrons. The number of anilines is 1. The van der Waals surface area contributed by atoms with Gasteiger partial charge in [-0.3, -0.25) is 4.31 Å². The third-order valence-corrected chi connectivity index (χ3v) is 4.34. The van der Waals surface area contributed by atoms with Gasteiger partial charge in [0.2, 0.25) is 10.0 Å². The van der Waals surface area contributed by atoms with E-state index in [1.54, 1.807) is 38.2 Å². The van der Waals surface area contributed by atoms with Crippen LogP contribution >= 0.6 is 0 Å². The molecule has 0 spiro atoms. The van der Waals surface area contributed by atoms with Gasteiger partial charge in [-0.05, 0) is 38.2 Å². The van der Waals surface area contributed by atoms with E-state index in [-0.39, 0.29) is 5.75 Å². The molecular weight excluding hydrogens is 250 g/mol. The Bertz CT molecular complexity index is 517. The molecule has 0 fully saturated rings. The summed E-state index contributed by atoms with van der Waals surface area (Å²) >= 11 is 0. The van der Waals surface area contributed by atoms with Gasteiger partial charge in [-0.1, -0.05) is 0 Å². The van der Waals surface area contributed by atoms with Crippen LogP contribution in [0.5, 0.6) is 0 Å². The molecule has 1 aromatic rings. The minimum atomic E-state index is -3.29. The summed E-state index contributed by atoms with van der Waals surface area (Å²) in [4.78, 5) is 0. The summed E-state index contributed by atoms with van der Waals surface area (Å²) in [6.07, 6.45) is 0. The molecule has 0 bridgehead atoms. The molecule has 98 valence electrons. The van der Waals surface area contributed by atoms with Crippen LogP contribution in [-0.4, -0.2) is 34.3 Å². The van der Waals surface area contributed by atoms with Gasteiger partial charge in [0.1, 0.15) is 0 Å². The van der Waals surface area contributed by atoms with Crippen LogP contribution in [-0.2, 0) is 10.0 Å². The predicted octanol–water partition coefficient (Wildman–Crippen LogP) is 0.934. The first-order valence-electron chi connectivity index (χ1n) is 5.70. The monoisotopic (exact) mass is 267 g/mol. The molecule has 0 aliphatic heterocycles. The molecule has 1 aromatic carbocycles. The number of nitrogens with one attached hydrogen (secondary N) is 1. The number of sulfonamides is 1. The van der Waals surface area contributed by atoms with Crippen LogP contribution in [0.4, 0.5) is 5.69 Å². The second-order valence-electron chi connectivity index (χ2n) is 3.73. The van der Waals surface area contributed by atoms with Gasteiger partial charge >= 0.3 is 0 Å². The lowest BCUT2D eigenvalue weighted by molar-refractivity contribution is 0.590. The molecule has 0 aliphatic rings. The van der Waals surface area contributed by atoms with Crippen molar-refractivity contribution in [3.8, 4) is 6.07 Å². The second kappa shape index (κ2) is 6.38. The molecule has 0 amide bonds. The molecule has 0 saturated carbocycles. The number of rotatable bonds is 6. The Morgan fingerprint density at radius 2 is 1.94 bits per heavy atom. The van der Waals surface area contributed by atoms with Crippen LogP contribution in [0.25, 0.3) is 0 Å². The van der Waals surface area contributed by atoms with E-state index >= 15 is 0 Å². The molecule has 0 unspecified atom stereocenters. The van der Waals surface area contributed by atoms with Crippen molar-refractivity contribution in [1.82, 2.24) is 5.32 Å². The maximum Gasteiger partial charge on any atom is 0.234 e. The molecule has 0 saturated heterocycles. The molecule has 1 N–H and O–H groups in total. The highest BCUT2D eigenvalue weighted by Gasteiger charge is 2.19. The first-order valence-corrected chi connectivity index (χ1v) is 7.31.